The molecule has 0 fully saturated rings. The Labute approximate surface area is 90.5 Å². The van der Waals surface area contributed by atoms with Crippen LogP contribution in [0.1, 0.15) is 0 Å². The molecule has 1 N–H and O–H groups in total. The van der Waals surface area contributed by atoms with E-state index in [1.54, 1.807) is 18.3 Å². The molecule has 0 aliphatic heterocycles. The van der Waals surface area contributed by atoms with Gasteiger partial charge in [0, 0.05) is 17.1 Å². The van der Waals surface area contributed by atoms with Crippen LogP contribution in [0.25, 0.3) is 10.9 Å². The molecule has 76 valence electrons. The molecule has 4 nitrogen and oxygen atoms in total. The minimum atomic E-state index is 0.508. The predicted octanol–water partition coefficient (Wildman–Crippen LogP) is 2.80. The minimum Gasteiger partial charge on any atom is -0.495 e. The zero-order valence-electron chi connectivity index (χ0n) is 7.87. The lowest BCUT2D eigenvalue weighted by Crippen LogP contribution is -1.83. The van der Waals surface area contributed by atoms with Crippen LogP contribution in [0.5, 0.6) is 5.75 Å². The molecule has 0 aliphatic rings. The number of fused-ring (bicyclic) bond motifs is 1. The monoisotopic (exact) mass is 222 g/mol. The molecule has 2 rings (SSSR count). The zero-order chi connectivity index (χ0) is 10.8. The molecule has 5 heteroatoms. The van der Waals surface area contributed by atoms with Gasteiger partial charge in [0.15, 0.2) is 0 Å². The Bertz CT molecular complexity index is 556. The summed E-state index contributed by atoms with van der Waals surface area (Å²) in [5.41, 5.74) is 1.32. The van der Waals surface area contributed by atoms with Crippen molar-refractivity contribution in [2.45, 2.75) is 0 Å². The molecule has 0 atom stereocenters. The number of aromatic amines is 1. The number of hydrogen-bond acceptors (Lipinski definition) is 3. The van der Waals surface area contributed by atoms with Gasteiger partial charge in [-0.1, -0.05) is 11.6 Å². The van der Waals surface area contributed by atoms with Gasteiger partial charge in [-0.3, -0.25) is 0 Å². The van der Waals surface area contributed by atoms with E-state index in [-0.39, 0.29) is 0 Å². The lowest BCUT2D eigenvalue weighted by atomic mass is 10.2. The largest absolute Gasteiger partial charge is 0.495 e. The minimum absolute atomic E-state index is 0.508. The first-order valence-electron chi connectivity index (χ1n) is 4.18. The van der Waals surface area contributed by atoms with Gasteiger partial charge in [-0.05, 0) is 12.1 Å². The molecule has 0 unspecified atom stereocenters. The SMILES string of the molecule is COc1cc2c(N=C=O)c[nH]c2cc1Cl. The van der Waals surface area contributed by atoms with Crippen LogP contribution in [0.3, 0.4) is 0 Å². The van der Waals surface area contributed by atoms with Gasteiger partial charge in [0.2, 0.25) is 6.08 Å². The van der Waals surface area contributed by atoms with Gasteiger partial charge in [0.05, 0.1) is 12.1 Å². The maximum absolute atomic E-state index is 10.2. The van der Waals surface area contributed by atoms with Crippen molar-refractivity contribution in [3.8, 4) is 5.75 Å². The molecule has 0 aliphatic carbocycles. The lowest BCUT2D eigenvalue weighted by molar-refractivity contribution is 0.415. The number of hydrogen-bond donors (Lipinski definition) is 1. The number of carbonyl (C=O) groups excluding carboxylic acids is 1. The van der Waals surface area contributed by atoms with Crippen molar-refractivity contribution < 1.29 is 9.53 Å². The summed E-state index contributed by atoms with van der Waals surface area (Å²) >= 11 is 5.94. The van der Waals surface area contributed by atoms with Crippen molar-refractivity contribution in [3.05, 3.63) is 23.4 Å². The third-order valence-corrected chi connectivity index (χ3v) is 2.39. The molecule has 1 aromatic heterocycles. The van der Waals surface area contributed by atoms with Gasteiger partial charge < -0.3 is 9.72 Å². The molecule has 0 saturated heterocycles. The summed E-state index contributed by atoms with van der Waals surface area (Å²) in [6, 6.07) is 3.45. The Morgan fingerprint density at radius 2 is 2.33 bits per heavy atom. The highest BCUT2D eigenvalue weighted by Crippen LogP contribution is 2.34. The van der Waals surface area contributed by atoms with E-state index in [1.165, 1.54) is 13.2 Å². The van der Waals surface area contributed by atoms with E-state index >= 15 is 0 Å². The van der Waals surface area contributed by atoms with E-state index in [1.807, 2.05) is 0 Å². The third kappa shape index (κ3) is 1.61. The summed E-state index contributed by atoms with van der Waals surface area (Å²) in [5.74, 6) is 0.547. The fraction of sp³-hybridized carbons (Fsp3) is 0.100. The van der Waals surface area contributed by atoms with Crippen LogP contribution in [0.4, 0.5) is 5.69 Å². The highest BCUT2D eigenvalue weighted by atomic mass is 35.5. The van der Waals surface area contributed by atoms with E-state index in [2.05, 4.69) is 9.98 Å². The van der Waals surface area contributed by atoms with Crippen LogP contribution in [0.15, 0.2) is 23.3 Å². The van der Waals surface area contributed by atoms with Crippen LogP contribution in [-0.2, 0) is 4.79 Å². The van der Waals surface area contributed by atoms with Crippen molar-refractivity contribution >= 4 is 34.3 Å². The fourth-order valence-electron chi connectivity index (χ4n) is 1.41. The van der Waals surface area contributed by atoms with E-state index < -0.39 is 0 Å². The van der Waals surface area contributed by atoms with Crippen molar-refractivity contribution in [3.63, 3.8) is 0 Å². The average Bonchev–Trinajstić information content (AvgIpc) is 2.60. The van der Waals surface area contributed by atoms with Crippen LogP contribution in [0, 0.1) is 0 Å². The number of H-pyrrole nitrogens is 1. The van der Waals surface area contributed by atoms with Gasteiger partial charge in [0.25, 0.3) is 0 Å². The Morgan fingerprint density at radius 3 is 3.00 bits per heavy atom. The van der Waals surface area contributed by atoms with Gasteiger partial charge >= 0.3 is 0 Å². The number of ether oxygens (including phenoxy) is 1. The van der Waals surface area contributed by atoms with E-state index in [4.69, 9.17) is 16.3 Å². The molecule has 0 saturated carbocycles. The predicted molar refractivity (Wildman–Crippen MR) is 57.6 cm³/mol. The molecule has 0 radical (unpaired) electrons. The summed E-state index contributed by atoms with van der Waals surface area (Å²) in [4.78, 5) is 16.7. The first-order chi connectivity index (χ1) is 7.26. The van der Waals surface area contributed by atoms with Crippen LogP contribution in [-0.4, -0.2) is 18.2 Å². The molecular formula is C10H7ClN2O2. The maximum Gasteiger partial charge on any atom is 0.240 e. The lowest BCUT2D eigenvalue weighted by Gasteiger charge is -2.02. The number of rotatable bonds is 2. The van der Waals surface area contributed by atoms with Crippen LogP contribution >= 0.6 is 11.6 Å². The van der Waals surface area contributed by atoms with Crippen molar-refractivity contribution in [1.82, 2.24) is 4.98 Å². The fourth-order valence-corrected chi connectivity index (χ4v) is 1.65. The zero-order valence-corrected chi connectivity index (χ0v) is 8.63. The number of methoxy groups -OCH3 is 1. The van der Waals surface area contributed by atoms with Gasteiger partial charge in [-0.15, -0.1) is 0 Å². The molecule has 1 aromatic carbocycles. The maximum atomic E-state index is 10.2. The number of aliphatic imine (C=N–C) groups is 1. The van der Waals surface area contributed by atoms with E-state index in [0.29, 0.717) is 16.5 Å². The average molecular weight is 223 g/mol. The Balaban J connectivity index is 2.74. The molecular weight excluding hydrogens is 216 g/mol. The second kappa shape index (κ2) is 3.77. The van der Waals surface area contributed by atoms with Crippen molar-refractivity contribution in [2.24, 2.45) is 4.99 Å². The van der Waals surface area contributed by atoms with Crippen LogP contribution in [0.2, 0.25) is 5.02 Å². The number of halogens is 1. The quantitative estimate of drug-likeness (QED) is 0.628. The molecule has 15 heavy (non-hydrogen) atoms. The summed E-state index contributed by atoms with van der Waals surface area (Å²) in [6.07, 6.45) is 3.11. The summed E-state index contributed by atoms with van der Waals surface area (Å²) < 4.78 is 5.07. The van der Waals surface area contributed by atoms with E-state index in [0.717, 1.165) is 10.9 Å². The van der Waals surface area contributed by atoms with Gasteiger partial charge in [-0.25, -0.2) is 4.79 Å². The van der Waals surface area contributed by atoms with Crippen LogP contribution < -0.4 is 4.74 Å². The second-order valence-corrected chi connectivity index (χ2v) is 3.32. The molecule has 0 amide bonds. The number of nitrogens with zero attached hydrogens (tertiary/aromatic N) is 1. The number of nitrogens with one attached hydrogen (secondary N) is 1. The first kappa shape index (κ1) is 9.77. The summed E-state index contributed by atoms with van der Waals surface area (Å²) in [6.45, 7) is 0. The molecule has 2 aromatic rings. The number of aromatic nitrogens is 1. The Morgan fingerprint density at radius 1 is 1.53 bits per heavy atom. The molecule has 0 bridgehead atoms. The normalized spacial score (nSPS) is 10.0. The number of isocyanates is 1. The van der Waals surface area contributed by atoms with Gasteiger partial charge in [-0.2, -0.15) is 4.99 Å². The van der Waals surface area contributed by atoms with Crippen molar-refractivity contribution in [2.75, 3.05) is 7.11 Å². The summed E-state index contributed by atoms with van der Waals surface area (Å²) in [7, 11) is 1.53. The first-order valence-corrected chi connectivity index (χ1v) is 4.56. The highest BCUT2D eigenvalue weighted by molar-refractivity contribution is 6.33. The Hall–Kier alpha value is -1.77. The smallest absolute Gasteiger partial charge is 0.240 e. The molecule has 0 spiro atoms. The molecule has 1 heterocycles. The topological polar surface area (TPSA) is 54.4 Å². The summed E-state index contributed by atoms with van der Waals surface area (Å²) in [5, 5.41) is 1.29. The standard InChI is InChI=1S/C10H7ClN2O2/c1-15-10-2-6-8(3-7(10)11)12-4-9(6)13-5-14/h2-4,12H,1H3. The van der Waals surface area contributed by atoms with Gasteiger partial charge in [0.1, 0.15) is 11.4 Å². The highest BCUT2D eigenvalue weighted by Gasteiger charge is 2.07. The third-order valence-electron chi connectivity index (χ3n) is 2.10. The van der Waals surface area contributed by atoms with Crippen molar-refractivity contribution in [1.29, 1.82) is 0 Å². The Kier molecular flexibility index (Phi) is 2.46. The number of benzene rings is 1. The second-order valence-electron chi connectivity index (χ2n) is 2.91. The van der Waals surface area contributed by atoms with E-state index in [9.17, 15) is 4.79 Å².